The van der Waals surface area contributed by atoms with E-state index >= 15 is 0 Å². The van der Waals surface area contributed by atoms with Gasteiger partial charge in [0.15, 0.2) is 5.13 Å². The van der Waals surface area contributed by atoms with E-state index in [2.05, 4.69) is 15.6 Å². The lowest BCUT2D eigenvalue weighted by Gasteiger charge is -2.20. The van der Waals surface area contributed by atoms with Crippen LogP contribution in [-0.4, -0.2) is 22.0 Å². The maximum atomic E-state index is 12.7. The van der Waals surface area contributed by atoms with E-state index in [9.17, 15) is 9.59 Å². The van der Waals surface area contributed by atoms with Crippen LogP contribution >= 0.6 is 23.1 Å². The smallest absolute Gasteiger partial charge is 0.239 e. The Balaban J connectivity index is 1.31. The van der Waals surface area contributed by atoms with Gasteiger partial charge in [0, 0.05) is 26.9 Å². The second-order valence-corrected chi connectivity index (χ2v) is 11.0. The third-order valence-electron chi connectivity index (χ3n) is 5.85. The number of rotatable bonds is 7. The molecule has 1 fully saturated rings. The number of thiazole rings is 1. The van der Waals surface area contributed by atoms with Crippen molar-refractivity contribution in [2.45, 2.75) is 56.1 Å². The Morgan fingerprint density at radius 2 is 1.70 bits per heavy atom. The number of carbonyl (C=O) groups is 2. The Hall–Kier alpha value is -2.64. The molecule has 2 N–H and O–H groups in total. The van der Waals surface area contributed by atoms with Gasteiger partial charge in [0.25, 0.3) is 0 Å². The van der Waals surface area contributed by atoms with Crippen LogP contribution in [0.3, 0.4) is 0 Å². The summed E-state index contributed by atoms with van der Waals surface area (Å²) in [5.41, 5.74) is 2.76. The molecule has 1 atom stereocenters. The molecule has 1 aromatic heterocycles. The standard InChI is InChI=1S/C26H29N3O2S2/c1-17-23(19-9-5-3-6-10-19)28-26(33-17)29-24(30)18(2)32-22-15-13-21(14-16-22)27-25(31)20-11-7-4-8-12-20/h3,5-6,9-10,13-16,18,20H,4,7-8,11-12H2,1-2H3,(H,27,31)(H,28,29,30). The first-order chi connectivity index (χ1) is 16.0. The topological polar surface area (TPSA) is 71.1 Å². The summed E-state index contributed by atoms with van der Waals surface area (Å²) in [4.78, 5) is 31.9. The molecule has 0 aliphatic heterocycles. The molecule has 33 heavy (non-hydrogen) atoms. The SMILES string of the molecule is Cc1sc(NC(=O)C(C)Sc2ccc(NC(=O)C3CCCCC3)cc2)nc1-c1ccccc1. The minimum absolute atomic E-state index is 0.0805. The van der Waals surface area contributed by atoms with E-state index in [4.69, 9.17) is 0 Å². The summed E-state index contributed by atoms with van der Waals surface area (Å²) in [6.07, 6.45) is 5.48. The Morgan fingerprint density at radius 3 is 2.39 bits per heavy atom. The van der Waals surface area contributed by atoms with Gasteiger partial charge in [-0.1, -0.05) is 49.6 Å². The van der Waals surface area contributed by atoms with Crippen molar-refractivity contribution in [3.63, 3.8) is 0 Å². The zero-order chi connectivity index (χ0) is 23.2. The van der Waals surface area contributed by atoms with Crippen molar-refractivity contribution in [1.29, 1.82) is 0 Å². The van der Waals surface area contributed by atoms with Crippen LogP contribution in [0.1, 0.15) is 43.9 Å². The number of amides is 2. The number of aryl methyl sites for hydroxylation is 1. The van der Waals surface area contributed by atoms with Gasteiger partial charge in [-0.3, -0.25) is 9.59 Å². The molecule has 7 heteroatoms. The van der Waals surface area contributed by atoms with E-state index in [1.807, 2.05) is 68.4 Å². The molecule has 2 aromatic carbocycles. The minimum Gasteiger partial charge on any atom is -0.326 e. The van der Waals surface area contributed by atoms with E-state index in [1.165, 1.54) is 29.5 Å². The van der Waals surface area contributed by atoms with Crippen molar-refractivity contribution in [2.24, 2.45) is 5.92 Å². The second kappa shape index (κ2) is 11.0. The first-order valence-electron chi connectivity index (χ1n) is 11.4. The lowest BCUT2D eigenvalue weighted by molar-refractivity contribution is -0.120. The molecule has 1 heterocycles. The largest absolute Gasteiger partial charge is 0.326 e. The number of nitrogens with one attached hydrogen (secondary N) is 2. The summed E-state index contributed by atoms with van der Waals surface area (Å²) >= 11 is 2.97. The second-order valence-electron chi connectivity index (χ2n) is 8.39. The molecule has 0 bridgehead atoms. The van der Waals surface area contributed by atoms with Crippen molar-refractivity contribution in [1.82, 2.24) is 4.98 Å². The van der Waals surface area contributed by atoms with Crippen LogP contribution in [0.25, 0.3) is 11.3 Å². The first-order valence-corrected chi connectivity index (χ1v) is 13.1. The maximum Gasteiger partial charge on any atom is 0.239 e. The zero-order valence-electron chi connectivity index (χ0n) is 19.0. The van der Waals surface area contributed by atoms with Gasteiger partial charge in [-0.25, -0.2) is 4.98 Å². The Kier molecular flexibility index (Phi) is 7.83. The number of hydrogen-bond donors (Lipinski definition) is 2. The summed E-state index contributed by atoms with van der Waals surface area (Å²) in [6, 6.07) is 17.7. The van der Waals surface area contributed by atoms with Crippen molar-refractivity contribution in [2.75, 3.05) is 10.6 Å². The Bertz CT molecular complexity index is 1090. The fraction of sp³-hybridized carbons (Fsp3) is 0.346. The van der Waals surface area contributed by atoms with Crippen LogP contribution in [0.4, 0.5) is 10.8 Å². The number of thioether (sulfide) groups is 1. The third-order valence-corrected chi connectivity index (χ3v) is 7.85. The van der Waals surface area contributed by atoms with Crippen LogP contribution in [-0.2, 0) is 9.59 Å². The average Bonchev–Trinajstić information content (AvgIpc) is 3.21. The molecule has 0 radical (unpaired) electrons. The summed E-state index contributed by atoms with van der Waals surface area (Å²) in [5.74, 6) is 0.174. The molecular weight excluding hydrogens is 450 g/mol. The Labute approximate surface area is 203 Å². The number of carbonyl (C=O) groups excluding carboxylic acids is 2. The molecule has 1 aliphatic carbocycles. The highest BCUT2D eigenvalue weighted by Crippen LogP contribution is 2.32. The summed E-state index contributed by atoms with van der Waals surface area (Å²) in [7, 11) is 0. The summed E-state index contributed by atoms with van der Waals surface area (Å²) in [6.45, 7) is 3.90. The van der Waals surface area contributed by atoms with Gasteiger partial charge >= 0.3 is 0 Å². The van der Waals surface area contributed by atoms with Gasteiger partial charge in [0.2, 0.25) is 11.8 Å². The van der Waals surface area contributed by atoms with Gasteiger partial charge in [-0.15, -0.1) is 23.1 Å². The van der Waals surface area contributed by atoms with E-state index in [0.717, 1.165) is 52.4 Å². The number of nitrogens with zero attached hydrogens (tertiary/aromatic N) is 1. The average molecular weight is 480 g/mol. The fourth-order valence-corrected chi connectivity index (χ4v) is 5.71. The van der Waals surface area contributed by atoms with E-state index in [0.29, 0.717) is 5.13 Å². The number of hydrogen-bond acceptors (Lipinski definition) is 5. The summed E-state index contributed by atoms with van der Waals surface area (Å²) in [5, 5.41) is 6.33. The molecule has 3 aromatic rings. The van der Waals surface area contributed by atoms with Crippen LogP contribution in [0.15, 0.2) is 59.5 Å². The highest BCUT2D eigenvalue weighted by atomic mass is 32.2. The van der Waals surface area contributed by atoms with Crippen molar-refractivity contribution >= 4 is 45.7 Å². The van der Waals surface area contributed by atoms with E-state index in [1.54, 1.807) is 0 Å². The normalized spacial score (nSPS) is 15.1. The van der Waals surface area contributed by atoms with Crippen LogP contribution in [0, 0.1) is 12.8 Å². The van der Waals surface area contributed by atoms with Crippen molar-refractivity contribution < 1.29 is 9.59 Å². The summed E-state index contributed by atoms with van der Waals surface area (Å²) < 4.78 is 0. The fourth-order valence-electron chi connectivity index (χ4n) is 4.00. The van der Waals surface area contributed by atoms with Crippen LogP contribution in [0.2, 0.25) is 0 Å². The molecule has 0 saturated heterocycles. The quantitative estimate of drug-likeness (QED) is 0.367. The van der Waals surface area contributed by atoms with Gasteiger partial charge in [0.1, 0.15) is 0 Å². The highest BCUT2D eigenvalue weighted by Gasteiger charge is 2.21. The molecule has 2 amide bonds. The number of benzene rings is 2. The predicted molar refractivity (Wildman–Crippen MR) is 138 cm³/mol. The highest BCUT2D eigenvalue weighted by molar-refractivity contribution is 8.00. The molecule has 5 nitrogen and oxygen atoms in total. The molecular formula is C26H29N3O2S2. The van der Waals surface area contributed by atoms with Crippen LogP contribution in [0.5, 0.6) is 0 Å². The van der Waals surface area contributed by atoms with Gasteiger partial charge in [0.05, 0.1) is 10.9 Å². The van der Waals surface area contributed by atoms with Crippen molar-refractivity contribution in [3.8, 4) is 11.3 Å². The molecule has 1 saturated carbocycles. The first kappa shape index (κ1) is 23.5. The Morgan fingerprint density at radius 1 is 1.00 bits per heavy atom. The lowest BCUT2D eigenvalue weighted by Crippen LogP contribution is -2.24. The maximum absolute atomic E-state index is 12.7. The minimum atomic E-state index is -0.280. The molecule has 1 unspecified atom stereocenters. The number of anilines is 2. The molecule has 1 aliphatic rings. The predicted octanol–water partition coefficient (Wildman–Crippen LogP) is 6.76. The van der Waals surface area contributed by atoms with Crippen molar-refractivity contribution in [3.05, 3.63) is 59.5 Å². The molecule has 0 spiro atoms. The molecule has 4 rings (SSSR count). The van der Waals surface area contributed by atoms with E-state index in [-0.39, 0.29) is 23.0 Å². The number of aromatic nitrogens is 1. The molecule has 172 valence electrons. The van der Waals surface area contributed by atoms with E-state index < -0.39 is 0 Å². The monoisotopic (exact) mass is 479 g/mol. The van der Waals surface area contributed by atoms with Gasteiger partial charge < -0.3 is 10.6 Å². The lowest BCUT2D eigenvalue weighted by atomic mass is 9.88. The van der Waals surface area contributed by atoms with Gasteiger partial charge in [-0.2, -0.15) is 0 Å². The van der Waals surface area contributed by atoms with Gasteiger partial charge in [-0.05, 0) is 51.0 Å². The zero-order valence-corrected chi connectivity index (χ0v) is 20.6. The third kappa shape index (κ3) is 6.24. The van der Waals surface area contributed by atoms with Crippen LogP contribution < -0.4 is 10.6 Å².